The summed E-state index contributed by atoms with van der Waals surface area (Å²) in [4.78, 5) is 5.09. The summed E-state index contributed by atoms with van der Waals surface area (Å²) in [6, 6.07) is 9.73. The van der Waals surface area contributed by atoms with Gasteiger partial charge in [0.2, 0.25) is 0 Å². The molecule has 0 aromatic heterocycles. The van der Waals surface area contributed by atoms with E-state index >= 15 is 0 Å². The predicted molar refractivity (Wildman–Crippen MR) is 90.8 cm³/mol. The standard InChI is InChI=1S/C18H31N3/c1-4-16-6-8-17(9-7-16)18(5-2)20(3)14-15-21-12-10-19-11-13-21/h6-9,18-19H,4-5,10-15H2,1-3H3. The van der Waals surface area contributed by atoms with Crippen molar-refractivity contribution in [2.75, 3.05) is 46.3 Å². The molecule has 0 saturated carbocycles. The molecule has 1 unspecified atom stereocenters. The van der Waals surface area contributed by atoms with Crippen molar-refractivity contribution in [2.45, 2.75) is 32.7 Å². The molecule has 1 aromatic rings. The Bertz CT molecular complexity index is 395. The number of aryl methyl sites for hydroxylation is 1. The van der Waals surface area contributed by atoms with E-state index in [1.807, 2.05) is 0 Å². The molecule has 0 amide bonds. The molecule has 2 rings (SSSR count). The first-order chi connectivity index (χ1) is 10.2. The summed E-state index contributed by atoms with van der Waals surface area (Å²) in [5, 5.41) is 3.42. The van der Waals surface area contributed by atoms with Crippen LogP contribution in [0.4, 0.5) is 0 Å². The average molecular weight is 289 g/mol. The predicted octanol–water partition coefficient (Wildman–Crippen LogP) is 2.54. The third-order valence-corrected chi connectivity index (χ3v) is 4.67. The van der Waals surface area contributed by atoms with Crippen LogP contribution in [0.3, 0.4) is 0 Å². The van der Waals surface area contributed by atoms with Crippen molar-refractivity contribution in [3.8, 4) is 0 Å². The van der Waals surface area contributed by atoms with Crippen molar-refractivity contribution in [3.05, 3.63) is 35.4 Å². The molecule has 1 atom stereocenters. The van der Waals surface area contributed by atoms with Crippen LogP contribution >= 0.6 is 0 Å². The third kappa shape index (κ3) is 4.80. The second-order valence-corrected chi connectivity index (χ2v) is 6.09. The van der Waals surface area contributed by atoms with Gasteiger partial charge in [0.25, 0.3) is 0 Å². The van der Waals surface area contributed by atoms with Gasteiger partial charge in [-0.3, -0.25) is 9.80 Å². The lowest BCUT2D eigenvalue weighted by Crippen LogP contribution is -2.46. The number of hydrogen-bond acceptors (Lipinski definition) is 3. The summed E-state index contributed by atoms with van der Waals surface area (Å²) in [6.45, 7) is 11.5. The van der Waals surface area contributed by atoms with Gasteiger partial charge in [-0.1, -0.05) is 38.1 Å². The van der Waals surface area contributed by atoms with Gasteiger partial charge < -0.3 is 5.32 Å². The van der Waals surface area contributed by atoms with Crippen molar-refractivity contribution in [2.24, 2.45) is 0 Å². The molecule has 1 aliphatic rings. The Morgan fingerprint density at radius 1 is 1.14 bits per heavy atom. The fraction of sp³-hybridized carbons (Fsp3) is 0.667. The molecule has 0 aliphatic carbocycles. The van der Waals surface area contributed by atoms with Gasteiger partial charge in [-0.05, 0) is 31.0 Å². The second kappa shape index (κ2) is 8.52. The van der Waals surface area contributed by atoms with E-state index in [4.69, 9.17) is 0 Å². The normalized spacial score (nSPS) is 18.1. The zero-order chi connectivity index (χ0) is 15.1. The molecule has 1 saturated heterocycles. The van der Waals surface area contributed by atoms with Crippen molar-refractivity contribution < 1.29 is 0 Å². The molecule has 3 heteroatoms. The van der Waals surface area contributed by atoms with Crippen LogP contribution in [0.2, 0.25) is 0 Å². The summed E-state index contributed by atoms with van der Waals surface area (Å²) >= 11 is 0. The molecule has 0 bridgehead atoms. The smallest absolute Gasteiger partial charge is 0.0342 e. The molecule has 1 N–H and O–H groups in total. The van der Waals surface area contributed by atoms with E-state index in [0.29, 0.717) is 6.04 Å². The third-order valence-electron chi connectivity index (χ3n) is 4.67. The maximum Gasteiger partial charge on any atom is 0.0342 e. The first-order valence-corrected chi connectivity index (χ1v) is 8.46. The maximum atomic E-state index is 3.42. The Balaban J connectivity index is 1.88. The van der Waals surface area contributed by atoms with Gasteiger partial charge >= 0.3 is 0 Å². The highest BCUT2D eigenvalue weighted by molar-refractivity contribution is 5.25. The molecule has 0 radical (unpaired) electrons. The number of nitrogens with one attached hydrogen (secondary N) is 1. The number of benzene rings is 1. The van der Waals surface area contributed by atoms with E-state index in [-0.39, 0.29) is 0 Å². The Morgan fingerprint density at radius 3 is 2.38 bits per heavy atom. The quantitative estimate of drug-likeness (QED) is 0.832. The van der Waals surface area contributed by atoms with E-state index in [1.165, 1.54) is 37.2 Å². The Hall–Kier alpha value is -0.900. The molecular weight excluding hydrogens is 258 g/mol. The summed E-state index contributed by atoms with van der Waals surface area (Å²) < 4.78 is 0. The summed E-state index contributed by atoms with van der Waals surface area (Å²) in [7, 11) is 2.27. The van der Waals surface area contributed by atoms with Gasteiger partial charge in [0.15, 0.2) is 0 Å². The number of rotatable bonds is 7. The van der Waals surface area contributed by atoms with E-state index < -0.39 is 0 Å². The van der Waals surface area contributed by atoms with Crippen molar-refractivity contribution in [1.29, 1.82) is 0 Å². The number of hydrogen-bond donors (Lipinski definition) is 1. The van der Waals surface area contributed by atoms with Gasteiger partial charge in [0.1, 0.15) is 0 Å². The van der Waals surface area contributed by atoms with Gasteiger partial charge in [0, 0.05) is 45.3 Å². The Kier molecular flexibility index (Phi) is 6.68. The molecule has 21 heavy (non-hydrogen) atoms. The molecule has 0 spiro atoms. The lowest BCUT2D eigenvalue weighted by molar-refractivity contribution is 0.174. The second-order valence-electron chi connectivity index (χ2n) is 6.09. The van der Waals surface area contributed by atoms with E-state index in [0.717, 1.165) is 26.1 Å². The Morgan fingerprint density at radius 2 is 1.81 bits per heavy atom. The topological polar surface area (TPSA) is 18.5 Å². The summed E-state index contributed by atoms with van der Waals surface area (Å²) in [6.07, 6.45) is 2.29. The highest BCUT2D eigenvalue weighted by Gasteiger charge is 2.16. The fourth-order valence-corrected chi connectivity index (χ4v) is 3.17. The molecule has 118 valence electrons. The van der Waals surface area contributed by atoms with E-state index in [9.17, 15) is 0 Å². The molecule has 3 nitrogen and oxygen atoms in total. The first kappa shape index (κ1) is 16.5. The molecule has 1 heterocycles. The molecular formula is C18H31N3. The van der Waals surface area contributed by atoms with E-state index in [2.05, 4.69) is 60.3 Å². The molecule has 1 aliphatic heterocycles. The first-order valence-electron chi connectivity index (χ1n) is 8.46. The van der Waals surface area contributed by atoms with Crippen LogP contribution in [0.15, 0.2) is 24.3 Å². The largest absolute Gasteiger partial charge is 0.314 e. The Labute approximate surface area is 130 Å². The minimum Gasteiger partial charge on any atom is -0.314 e. The lowest BCUT2D eigenvalue weighted by Gasteiger charge is -2.32. The average Bonchev–Trinajstić information content (AvgIpc) is 2.55. The summed E-state index contributed by atoms with van der Waals surface area (Å²) in [5.74, 6) is 0. The van der Waals surface area contributed by atoms with Crippen LogP contribution < -0.4 is 5.32 Å². The van der Waals surface area contributed by atoms with Crippen molar-refractivity contribution in [1.82, 2.24) is 15.1 Å². The lowest BCUT2D eigenvalue weighted by atomic mass is 10.0. The molecule has 1 fully saturated rings. The number of piperazine rings is 1. The van der Waals surface area contributed by atoms with Crippen LogP contribution in [-0.2, 0) is 6.42 Å². The van der Waals surface area contributed by atoms with Gasteiger partial charge in [-0.15, -0.1) is 0 Å². The van der Waals surface area contributed by atoms with Gasteiger partial charge in [-0.25, -0.2) is 0 Å². The van der Waals surface area contributed by atoms with Crippen LogP contribution in [0, 0.1) is 0 Å². The monoisotopic (exact) mass is 289 g/mol. The summed E-state index contributed by atoms with van der Waals surface area (Å²) in [5.41, 5.74) is 2.88. The van der Waals surface area contributed by atoms with Gasteiger partial charge in [-0.2, -0.15) is 0 Å². The minimum absolute atomic E-state index is 0.541. The van der Waals surface area contributed by atoms with Crippen molar-refractivity contribution in [3.63, 3.8) is 0 Å². The number of nitrogens with zero attached hydrogens (tertiary/aromatic N) is 2. The zero-order valence-corrected chi connectivity index (χ0v) is 13.9. The maximum absolute atomic E-state index is 3.42. The number of likely N-dealkylation sites (N-methyl/N-ethyl adjacent to an activating group) is 1. The fourth-order valence-electron chi connectivity index (χ4n) is 3.17. The van der Waals surface area contributed by atoms with Gasteiger partial charge in [0.05, 0.1) is 0 Å². The van der Waals surface area contributed by atoms with E-state index in [1.54, 1.807) is 0 Å². The van der Waals surface area contributed by atoms with Crippen molar-refractivity contribution >= 4 is 0 Å². The van der Waals surface area contributed by atoms with Crippen LogP contribution in [0.1, 0.15) is 37.4 Å². The highest BCUT2D eigenvalue weighted by atomic mass is 15.2. The minimum atomic E-state index is 0.541. The SMILES string of the molecule is CCc1ccc(C(CC)N(C)CCN2CCNCC2)cc1. The zero-order valence-electron chi connectivity index (χ0n) is 13.9. The molecule has 1 aromatic carbocycles. The van der Waals surface area contributed by atoms with Crippen LogP contribution in [0.25, 0.3) is 0 Å². The van der Waals surface area contributed by atoms with Crippen LogP contribution in [0.5, 0.6) is 0 Å². The van der Waals surface area contributed by atoms with Crippen LogP contribution in [-0.4, -0.2) is 56.1 Å². The highest BCUT2D eigenvalue weighted by Crippen LogP contribution is 2.23.